The van der Waals surface area contributed by atoms with Crippen LogP contribution in [-0.4, -0.2) is 75.2 Å². The van der Waals surface area contributed by atoms with Crippen LogP contribution < -0.4 is 5.73 Å². The zero-order valence-electron chi connectivity index (χ0n) is 11.0. The van der Waals surface area contributed by atoms with Crippen LogP contribution in [0.4, 0.5) is 0 Å². The standard InChI is InChI=1S/C10H21N3O4S/c1-8(10(14)17-3)18(15,16)13-5-4-12(2)7-9(13)6-11/h8-9H,4-7,11H2,1-3H3. The van der Waals surface area contributed by atoms with Crippen LogP contribution in [0.2, 0.25) is 0 Å². The molecule has 1 aliphatic heterocycles. The highest BCUT2D eigenvalue weighted by molar-refractivity contribution is 7.90. The molecule has 0 bridgehead atoms. The molecule has 0 aromatic carbocycles. The second kappa shape index (κ2) is 5.96. The van der Waals surface area contributed by atoms with Crippen molar-refractivity contribution in [1.82, 2.24) is 9.21 Å². The first-order valence-electron chi connectivity index (χ1n) is 5.81. The fraction of sp³-hybridized carbons (Fsp3) is 0.900. The Morgan fingerprint density at radius 2 is 2.11 bits per heavy atom. The molecular formula is C10H21N3O4S. The molecule has 0 amide bonds. The van der Waals surface area contributed by atoms with Crippen molar-refractivity contribution >= 4 is 16.0 Å². The molecule has 1 saturated heterocycles. The molecule has 2 unspecified atom stereocenters. The summed E-state index contributed by atoms with van der Waals surface area (Å²) in [6, 6.07) is -0.291. The van der Waals surface area contributed by atoms with Crippen molar-refractivity contribution in [3.63, 3.8) is 0 Å². The number of hydrogen-bond acceptors (Lipinski definition) is 6. The number of piperazine rings is 1. The van der Waals surface area contributed by atoms with Crippen LogP contribution in [0.15, 0.2) is 0 Å². The van der Waals surface area contributed by atoms with Gasteiger partial charge in [0, 0.05) is 32.2 Å². The minimum atomic E-state index is -3.71. The summed E-state index contributed by atoms with van der Waals surface area (Å²) in [7, 11) is -0.614. The number of nitrogens with two attached hydrogens (primary N) is 1. The van der Waals surface area contributed by atoms with Crippen molar-refractivity contribution in [2.24, 2.45) is 5.73 Å². The molecule has 8 heteroatoms. The second-order valence-corrected chi connectivity index (χ2v) is 6.68. The smallest absolute Gasteiger partial charge is 0.325 e. The van der Waals surface area contributed by atoms with Crippen LogP contribution in [0, 0.1) is 0 Å². The van der Waals surface area contributed by atoms with Crippen LogP contribution in [0.25, 0.3) is 0 Å². The molecule has 106 valence electrons. The molecule has 1 fully saturated rings. The van der Waals surface area contributed by atoms with Gasteiger partial charge in [0.1, 0.15) is 0 Å². The SMILES string of the molecule is COC(=O)C(C)S(=O)(=O)N1CCN(C)CC1CN. The number of esters is 1. The molecule has 1 rings (SSSR count). The highest BCUT2D eigenvalue weighted by atomic mass is 32.2. The number of nitrogens with zero attached hydrogens (tertiary/aromatic N) is 2. The van der Waals surface area contributed by atoms with Gasteiger partial charge in [-0.2, -0.15) is 4.31 Å². The third-order valence-electron chi connectivity index (χ3n) is 3.21. The van der Waals surface area contributed by atoms with Crippen LogP contribution >= 0.6 is 0 Å². The Bertz CT molecular complexity index is 398. The Morgan fingerprint density at radius 3 is 2.61 bits per heavy atom. The van der Waals surface area contributed by atoms with Gasteiger partial charge in [-0.15, -0.1) is 0 Å². The fourth-order valence-electron chi connectivity index (χ4n) is 2.01. The van der Waals surface area contributed by atoms with Crippen molar-refractivity contribution in [3.8, 4) is 0 Å². The summed E-state index contributed by atoms with van der Waals surface area (Å²) in [5.74, 6) is -0.746. The quantitative estimate of drug-likeness (QED) is 0.626. The van der Waals surface area contributed by atoms with E-state index >= 15 is 0 Å². The van der Waals surface area contributed by atoms with E-state index in [1.54, 1.807) is 0 Å². The average Bonchev–Trinajstić information content (AvgIpc) is 2.36. The summed E-state index contributed by atoms with van der Waals surface area (Å²) < 4.78 is 30.4. The molecule has 0 aliphatic carbocycles. The van der Waals surface area contributed by atoms with E-state index in [-0.39, 0.29) is 12.6 Å². The van der Waals surface area contributed by atoms with Crippen LogP contribution in [0.5, 0.6) is 0 Å². The Hall–Kier alpha value is -0.700. The molecular weight excluding hydrogens is 258 g/mol. The predicted molar refractivity (Wildman–Crippen MR) is 67.4 cm³/mol. The number of ether oxygens (including phenoxy) is 1. The van der Waals surface area contributed by atoms with E-state index in [1.165, 1.54) is 18.3 Å². The van der Waals surface area contributed by atoms with E-state index in [2.05, 4.69) is 4.74 Å². The first-order valence-corrected chi connectivity index (χ1v) is 7.32. The van der Waals surface area contributed by atoms with Gasteiger partial charge in [0.2, 0.25) is 10.0 Å². The summed E-state index contributed by atoms with van der Waals surface area (Å²) in [6.07, 6.45) is 0. The van der Waals surface area contributed by atoms with Gasteiger partial charge in [0.15, 0.2) is 5.25 Å². The normalized spacial score (nSPS) is 24.8. The van der Waals surface area contributed by atoms with E-state index < -0.39 is 21.2 Å². The lowest BCUT2D eigenvalue weighted by Gasteiger charge is -2.39. The number of carbonyl (C=O) groups is 1. The van der Waals surface area contributed by atoms with Gasteiger partial charge < -0.3 is 15.4 Å². The second-order valence-electron chi connectivity index (χ2n) is 4.47. The molecule has 0 aromatic rings. The van der Waals surface area contributed by atoms with Crippen LogP contribution in [-0.2, 0) is 19.6 Å². The molecule has 0 saturated carbocycles. The van der Waals surface area contributed by atoms with Gasteiger partial charge in [0.25, 0.3) is 0 Å². The average molecular weight is 279 g/mol. The maximum absolute atomic E-state index is 12.3. The first kappa shape index (κ1) is 15.4. The Balaban J connectivity index is 2.93. The monoisotopic (exact) mass is 279 g/mol. The maximum atomic E-state index is 12.3. The summed E-state index contributed by atoms with van der Waals surface area (Å²) in [4.78, 5) is 13.4. The van der Waals surface area contributed by atoms with Gasteiger partial charge in [-0.05, 0) is 14.0 Å². The molecule has 0 aromatic heterocycles. The lowest BCUT2D eigenvalue weighted by Crippen LogP contribution is -2.58. The topological polar surface area (TPSA) is 92.9 Å². The Morgan fingerprint density at radius 1 is 1.50 bits per heavy atom. The minimum absolute atomic E-state index is 0.234. The summed E-state index contributed by atoms with van der Waals surface area (Å²) in [5.41, 5.74) is 5.61. The molecule has 0 radical (unpaired) electrons. The molecule has 1 aliphatic rings. The van der Waals surface area contributed by atoms with E-state index in [0.717, 1.165) is 0 Å². The summed E-state index contributed by atoms with van der Waals surface area (Å²) in [5, 5.41) is -1.19. The predicted octanol–water partition coefficient (Wildman–Crippen LogP) is -1.55. The van der Waals surface area contributed by atoms with Gasteiger partial charge in [0.05, 0.1) is 7.11 Å². The molecule has 2 atom stereocenters. The van der Waals surface area contributed by atoms with Gasteiger partial charge >= 0.3 is 5.97 Å². The zero-order valence-corrected chi connectivity index (χ0v) is 11.8. The molecule has 0 spiro atoms. The van der Waals surface area contributed by atoms with Crippen molar-refractivity contribution in [2.45, 2.75) is 18.2 Å². The highest BCUT2D eigenvalue weighted by Gasteiger charge is 2.40. The largest absolute Gasteiger partial charge is 0.468 e. The molecule has 2 N–H and O–H groups in total. The Kier molecular flexibility index (Phi) is 5.09. The summed E-state index contributed by atoms with van der Waals surface area (Å²) in [6.45, 7) is 3.12. The lowest BCUT2D eigenvalue weighted by molar-refractivity contribution is -0.139. The Labute approximate surface area is 108 Å². The molecule has 1 heterocycles. The minimum Gasteiger partial charge on any atom is -0.468 e. The first-order chi connectivity index (χ1) is 8.34. The summed E-state index contributed by atoms with van der Waals surface area (Å²) >= 11 is 0. The molecule has 18 heavy (non-hydrogen) atoms. The van der Waals surface area contributed by atoms with Gasteiger partial charge in [-0.25, -0.2) is 8.42 Å². The van der Waals surface area contributed by atoms with E-state index in [0.29, 0.717) is 19.6 Å². The van der Waals surface area contributed by atoms with Crippen molar-refractivity contribution in [1.29, 1.82) is 0 Å². The van der Waals surface area contributed by atoms with E-state index in [1.807, 2.05) is 11.9 Å². The highest BCUT2D eigenvalue weighted by Crippen LogP contribution is 2.17. The zero-order chi connectivity index (χ0) is 13.9. The van der Waals surface area contributed by atoms with Crippen molar-refractivity contribution in [3.05, 3.63) is 0 Å². The van der Waals surface area contributed by atoms with Gasteiger partial charge in [-0.3, -0.25) is 4.79 Å². The number of hydrogen-bond donors (Lipinski definition) is 1. The third-order valence-corrected chi connectivity index (χ3v) is 5.43. The van der Waals surface area contributed by atoms with Crippen molar-refractivity contribution in [2.75, 3.05) is 40.3 Å². The van der Waals surface area contributed by atoms with Crippen molar-refractivity contribution < 1.29 is 17.9 Å². The third kappa shape index (κ3) is 3.00. The number of carbonyl (C=O) groups excluding carboxylic acids is 1. The molecule has 7 nitrogen and oxygen atoms in total. The van der Waals surface area contributed by atoms with E-state index in [9.17, 15) is 13.2 Å². The number of methoxy groups -OCH3 is 1. The van der Waals surface area contributed by atoms with Crippen LogP contribution in [0.3, 0.4) is 0 Å². The number of sulfonamides is 1. The maximum Gasteiger partial charge on any atom is 0.325 e. The number of rotatable bonds is 4. The van der Waals surface area contributed by atoms with Gasteiger partial charge in [-0.1, -0.05) is 0 Å². The lowest BCUT2D eigenvalue weighted by atomic mass is 10.2. The number of likely N-dealkylation sites (N-methyl/N-ethyl adjacent to an activating group) is 1. The fourth-order valence-corrected chi connectivity index (χ4v) is 3.66. The van der Waals surface area contributed by atoms with Crippen LogP contribution in [0.1, 0.15) is 6.92 Å². The van der Waals surface area contributed by atoms with E-state index in [4.69, 9.17) is 5.73 Å².